The Morgan fingerprint density at radius 2 is 2.14 bits per heavy atom. The van der Waals surface area contributed by atoms with E-state index in [1.54, 1.807) is 0 Å². The number of morpholine rings is 1. The van der Waals surface area contributed by atoms with Crippen LogP contribution in [0.1, 0.15) is 11.7 Å². The summed E-state index contributed by atoms with van der Waals surface area (Å²) >= 11 is 0. The molecule has 6 nitrogen and oxygen atoms in total. The minimum Gasteiger partial charge on any atom is -0.485 e. The average molecular weight is 312 g/mol. The smallest absolute Gasteiger partial charge is 0.229 e. The van der Waals surface area contributed by atoms with Crippen LogP contribution in [0.4, 0.5) is 0 Å². The minimum absolute atomic E-state index is 0. The number of benzene rings is 1. The molecular weight excluding hydrogens is 294 g/mol. The van der Waals surface area contributed by atoms with Gasteiger partial charge in [-0.25, -0.2) is 0 Å². The van der Waals surface area contributed by atoms with Gasteiger partial charge in [-0.2, -0.15) is 4.98 Å². The van der Waals surface area contributed by atoms with Crippen molar-refractivity contribution in [2.24, 2.45) is 0 Å². The van der Waals surface area contributed by atoms with Crippen LogP contribution in [0.5, 0.6) is 5.75 Å². The van der Waals surface area contributed by atoms with Gasteiger partial charge in [-0.05, 0) is 12.1 Å². The maximum absolute atomic E-state index is 5.60. The molecule has 0 radical (unpaired) electrons. The molecule has 2 heterocycles. The second kappa shape index (κ2) is 7.97. The summed E-state index contributed by atoms with van der Waals surface area (Å²) in [6, 6.07) is 9.57. The Kier molecular flexibility index (Phi) is 5.98. The van der Waals surface area contributed by atoms with Crippen LogP contribution in [-0.4, -0.2) is 35.9 Å². The summed E-state index contributed by atoms with van der Waals surface area (Å²) in [4.78, 5) is 4.31. The third-order valence-electron chi connectivity index (χ3n) is 3.03. The Morgan fingerprint density at radius 1 is 1.29 bits per heavy atom. The van der Waals surface area contributed by atoms with E-state index in [2.05, 4.69) is 15.5 Å². The summed E-state index contributed by atoms with van der Waals surface area (Å²) in [5, 5.41) is 7.18. The first-order chi connectivity index (χ1) is 9.90. The number of hydrogen-bond acceptors (Lipinski definition) is 6. The zero-order chi connectivity index (χ0) is 13.6. The van der Waals surface area contributed by atoms with Crippen molar-refractivity contribution in [3.8, 4) is 5.75 Å². The number of para-hydroxylation sites is 1. The van der Waals surface area contributed by atoms with Gasteiger partial charge in [0.2, 0.25) is 11.7 Å². The van der Waals surface area contributed by atoms with Gasteiger partial charge >= 0.3 is 0 Å². The molecular formula is C14H18ClN3O3. The molecule has 1 aliphatic heterocycles. The standard InChI is InChI=1S/C14H17N3O3.ClH/c1-2-4-11(5-3-1)19-10-13-16-14(20-17-13)8-12-9-15-6-7-18-12;/h1-5,12,15H,6-10H2;1H. The third kappa shape index (κ3) is 4.70. The quantitative estimate of drug-likeness (QED) is 0.904. The summed E-state index contributed by atoms with van der Waals surface area (Å²) in [7, 11) is 0. The number of ether oxygens (including phenoxy) is 2. The van der Waals surface area contributed by atoms with Crippen LogP contribution in [0.25, 0.3) is 0 Å². The fraction of sp³-hybridized carbons (Fsp3) is 0.429. The molecule has 1 atom stereocenters. The molecule has 1 unspecified atom stereocenters. The number of aromatic nitrogens is 2. The van der Waals surface area contributed by atoms with E-state index < -0.39 is 0 Å². The summed E-state index contributed by atoms with van der Waals surface area (Å²) < 4.78 is 16.4. The number of halogens is 1. The largest absolute Gasteiger partial charge is 0.485 e. The number of nitrogens with zero attached hydrogens (tertiary/aromatic N) is 2. The van der Waals surface area contributed by atoms with Crippen molar-refractivity contribution < 1.29 is 14.0 Å². The first-order valence-electron chi connectivity index (χ1n) is 6.72. The lowest BCUT2D eigenvalue weighted by molar-refractivity contribution is 0.0246. The zero-order valence-electron chi connectivity index (χ0n) is 11.5. The molecule has 0 amide bonds. The monoisotopic (exact) mass is 311 g/mol. The van der Waals surface area contributed by atoms with E-state index in [1.165, 1.54) is 0 Å². The topological polar surface area (TPSA) is 69.4 Å². The molecule has 0 bridgehead atoms. The lowest BCUT2D eigenvalue weighted by Crippen LogP contribution is -2.39. The van der Waals surface area contributed by atoms with Crippen LogP contribution in [0, 0.1) is 0 Å². The molecule has 21 heavy (non-hydrogen) atoms. The van der Waals surface area contributed by atoms with Gasteiger partial charge in [0, 0.05) is 13.1 Å². The number of nitrogens with one attached hydrogen (secondary N) is 1. The lowest BCUT2D eigenvalue weighted by atomic mass is 10.2. The number of hydrogen-bond donors (Lipinski definition) is 1. The highest BCUT2D eigenvalue weighted by molar-refractivity contribution is 5.85. The second-order valence-electron chi connectivity index (χ2n) is 4.61. The molecule has 1 saturated heterocycles. The van der Waals surface area contributed by atoms with Crippen LogP contribution in [0.15, 0.2) is 34.9 Å². The summed E-state index contributed by atoms with van der Waals surface area (Å²) in [5.74, 6) is 1.93. The van der Waals surface area contributed by atoms with Crippen molar-refractivity contribution in [3.05, 3.63) is 42.0 Å². The van der Waals surface area contributed by atoms with Crippen LogP contribution in [0.3, 0.4) is 0 Å². The van der Waals surface area contributed by atoms with Crippen molar-refractivity contribution in [1.82, 2.24) is 15.5 Å². The Morgan fingerprint density at radius 3 is 2.90 bits per heavy atom. The van der Waals surface area contributed by atoms with Gasteiger partial charge in [-0.1, -0.05) is 23.4 Å². The first-order valence-corrected chi connectivity index (χ1v) is 6.72. The van der Waals surface area contributed by atoms with Gasteiger partial charge in [-0.15, -0.1) is 12.4 Å². The van der Waals surface area contributed by atoms with Crippen LogP contribution < -0.4 is 10.1 Å². The van der Waals surface area contributed by atoms with Crippen molar-refractivity contribution in [3.63, 3.8) is 0 Å². The maximum Gasteiger partial charge on any atom is 0.229 e. The predicted molar refractivity (Wildman–Crippen MR) is 78.6 cm³/mol. The summed E-state index contributed by atoms with van der Waals surface area (Å²) in [5.41, 5.74) is 0. The molecule has 0 saturated carbocycles. The minimum atomic E-state index is 0. The molecule has 114 valence electrons. The molecule has 0 aliphatic carbocycles. The van der Waals surface area contributed by atoms with Crippen molar-refractivity contribution >= 4 is 12.4 Å². The molecule has 3 rings (SSSR count). The third-order valence-corrected chi connectivity index (χ3v) is 3.03. The fourth-order valence-electron chi connectivity index (χ4n) is 2.04. The van der Waals surface area contributed by atoms with Crippen LogP contribution in [-0.2, 0) is 17.8 Å². The van der Waals surface area contributed by atoms with E-state index in [1.807, 2.05) is 30.3 Å². The molecule has 1 aliphatic rings. The summed E-state index contributed by atoms with van der Waals surface area (Å²) in [6.45, 7) is 2.74. The van der Waals surface area contributed by atoms with Gasteiger partial charge < -0.3 is 19.3 Å². The van der Waals surface area contributed by atoms with E-state index >= 15 is 0 Å². The molecule has 1 N–H and O–H groups in total. The van der Waals surface area contributed by atoms with Gasteiger partial charge in [0.05, 0.1) is 19.1 Å². The van der Waals surface area contributed by atoms with Crippen LogP contribution >= 0.6 is 12.4 Å². The highest BCUT2D eigenvalue weighted by Gasteiger charge is 2.17. The van der Waals surface area contributed by atoms with Gasteiger partial charge in [0.15, 0.2) is 6.61 Å². The van der Waals surface area contributed by atoms with E-state index in [9.17, 15) is 0 Å². The van der Waals surface area contributed by atoms with Gasteiger partial charge in [0.1, 0.15) is 5.75 Å². The first kappa shape index (κ1) is 15.8. The number of rotatable bonds is 5. The summed E-state index contributed by atoms with van der Waals surface area (Å²) in [6.07, 6.45) is 0.734. The maximum atomic E-state index is 5.60. The molecule has 1 aromatic heterocycles. The highest BCUT2D eigenvalue weighted by Crippen LogP contribution is 2.11. The highest BCUT2D eigenvalue weighted by atomic mass is 35.5. The van der Waals surface area contributed by atoms with Crippen LogP contribution in [0.2, 0.25) is 0 Å². The predicted octanol–water partition coefficient (Wildman–Crippen LogP) is 1.60. The Bertz CT molecular complexity index is 529. The van der Waals surface area contributed by atoms with E-state index in [0.29, 0.717) is 24.7 Å². The molecule has 1 fully saturated rings. The van der Waals surface area contributed by atoms with Gasteiger partial charge in [0.25, 0.3) is 0 Å². The molecule has 7 heteroatoms. The van der Waals surface area contributed by atoms with E-state index in [-0.39, 0.29) is 18.5 Å². The van der Waals surface area contributed by atoms with Crippen molar-refractivity contribution in [2.75, 3.05) is 19.7 Å². The zero-order valence-corrected chi connectivity index (χ0v) is 12.3. The van der Waals surface area contributed by atoms with Crippen molar-refractivity contribution in [2.45, 2.75) is 19.1 Å². The molecule has 0 spiro atoms. The average Bonchev–Trinajstić information content (AvgIpc) is 2.95. The SMILES string of the molecule is Cl.c1ccc(OCc2noc(CC3CNCCO3)n2)cc1. The van der Waals surface area contributed by atoms with Gasteiger partial charge in [-0.3, -0.25) is 0 Å². The molecule has 2 aromatic rings. The molecule has 1 aromatic carbocycles. The van der Waals surface area contributed by atoms with E-state index in [4.69, 9.17) is 14.0 Å². The van der Waals surface area contributed by atoms with Crippen molar-refractivity contribution in [1.29, 1.82) is 0 Å². The van der Waals surface area contributed by atoms with E-state index in [0.717, 1.165) is 25.4 Å². The normalized spacial score (nSPS) is 18.0. The fourth-order valence-corrected chi connectivity index (χ4v) is 2.04. The Hall–Kier alpha value is -1.63. The Balaban J connectivity index is 0.00000161. The lowest BCUT2D eigenvalue weighted by Gasteiger charge is -2.21. The Labute approximate surface area is 129 Å². The second-order valence-corrected chi connectivity index (χ2v) is 4.61.